The first-order valence-electron chi connectivity index (χ1n) is 9.59. The number of hydrogen-bond acceptors (Lipinski definition) is 7. The molecule has 0 unspecified atom stereocenters. The zero-order valence-corrected chi connectivity index (χ0v) is 17.8. The molecule has 0 bridgehead atoms. The maximum atomic E-state index is 12.7. The van der Waals surface area contributed by atoms with E-state index < -0.39 is 17.7 Å². The van der Waals surface area contributed by atoms with Gasteiger partial charge in [-0.05, 0) is 36.4 Å². The maximum Gasteiger partial charge on any atom is 0.261 e. The summed E-state index contributed by atoms with van der Waals surface area (Å²) in [6.07, 6.45) is 1.59. The third-order valence-electron chi connectivity index (χ3n) is 4.79. The lowest BCUT2D eigenvalue weighted by Gasteiger charge is -2.12. The second-order valence-corrected chi connectivity index (χ2v) is 7.74. The second-order valence-electron chi connectivity index (χ2n) is 6.84. The van der Waals surface area contributed by atoms with Gasteiger partial charge in [0, 0.05) is 35.5 Å². The van der Waals surface area contributed by atoms with Crippen LogP contribution in [0, 0.1) is 0 Å². The number of carbonyl (C=O) groups excluding carboxylic acids is 4. The Kier molecular flexibility index (Phi) is 6.06. The lowest BCUT2D eigenvalue weighted by molar-refractivity contribution is 0.0603. The molecule has 0 spiro atoms. The van der Waals surface area contributed by atoms with Crippen LogP contribution < -0.4 is 10.6 Å². The highest BCUT2D eigenvalue weighted by Gasteiger charge is 2.35. The van der Waals surface area contributed by atoms with Crippen molar-refractivity contribution in [3.8, 4) is 0 Å². The molecule has 9 nitrogen and oxygen atoms in total. The minimum Gasteiger partial charge on any atom is -0.383 e. The fourth-order valence-corrected chi connectivity index (χ4v) is 3.74. The van der Waals surface area contributed by atoms with Gasteiger partial charge in [-0.1, -0.05) is 6.07 Å². The van der Waals surface area contributed by atoms with Gasteiger partial charge in [0.2, 0.25) is 0 Å². The highest BCUT2D eigenvalue weighted by Crippen LogP contribution is 2.24. The van der Waals surface area contributed by atoms with E-state index in [9.17, 15) is 19.2 Å². The minimum absolute atomic E-state index is 0.139. The third-order valence-corrected chi connectivity index (χ3v) is 5.48. The highest BCUT2D eigenvalue weighted by molar-refractivity contribution is 7.13. The molecule has 1 aliphatic rings. The quantitative estimate of drug-likeness (QED) is 0.535. The molecule has 32 heavy (non-hydrogen) atoms. The van der Waals surface area contributed by atoms with E-state index >= 15 is 0 Å². The van der Waals surface area contributed by atoms with Crippen molar-refractivity contribution >= 4 is 45.8 Å². The first-order valence-corrected chi connectivity index (χ1v) is 10.5. The maximum absolute atomic E-state index is 12.7. The Labute approximate surface area is 187 Å². The molecule has 4 rings (SSSR count). The average Bonchev–Trinajstić information content (AvgIpc) is 3.39. The lowest BCUT2D eigenvalue weighted by atomic mass is 10.1. The molecule has 2 N–H and O–H groups in total. The Hall–Kier alpha value is -3.89. The summed E-state index contributed by atoms with van der Waals surface area (Å²) >= 11 is 1.30. The van der Waals surface area contributed by atoms with Gasteiger partial charge in [0.15, 0.2) is 5.13 Å². The summed E-state index contributed by atoms with van der Waals surface area (Å²) < 4.78 is 4.94. The Morgan fingerprint density at radius 3 is 2.50 bits per heavy atom. The van der Waals surface area contributed by atoms with Crippen LogP contribution in [0.1, 0.15) is 41.4 Å². The molecule has 2 aromatic carbocycles. The number of thiazole rings is 1. The first kappa shape index (κ1) is 21.3. The van der Waals surface area contributed by atoms with Gasteiger partial charge in [0.1, 0.15) is 0 Å². The van der Waals surface area contributed by atoms with E-state index in [0.717, 1.165) is 4.90 Å². The van der Waals surface area contributed by atoms with E-state index in [-0.39, 0.29) is 35.7 Å². The van der Waals surface area contributed by atoms with Crippen LogP contribution >= 0.6 is 11.3 Å². The number of imide groups is 1. The molecular formula is C22H18N4O5S. The summed E-state index contributed by atoms with van der Waals surface area (Å²) in [4.78, 5) is 55.2. The topological polar surface area (TPSA) is 118 Å². The number of benzene rings is 2. The van der Waals surface area contributed by atoms with Crippen molar-refractivity contribution in [3.63, 3.8) is 0 Å². The number of aromatic nitrogens is 1. The molecule has 3 aromatic rings. The molecule has 1 aliphatic heterocycles. The standard InChI is InChI=1S/C22H18N4O5S/c1-31-9-8-26-20(29)16-6-5-14(12-17(16)21(26)30)18(27)24-15-4-2-3-13(11-15)19(28)25-22-23-7-10-32-22/h2-7,10-12H,8-9H2,1H3,(H,24,27)(H,23,25,28). The van der Waals surface area contributed by atoms with E-state index in [4.69, 9.17) is 4.74 Å². The largest absolute Gasteiger partial charge is 0.383 e. The van der Waals surface area contributed by atoms with Crippen LogP contribution in [-0.4, -0.2) is 53.8 Å². The summed E-state index contributed by atoms with van der Waals surface area (Å²) in [5.41, 5.74) is 1.41. The normalized spacial score (nSPS) is 12.6. The van der Waals surface area contributed by atoms with E-state index in [0.29, 0.717) is 16.4 Å². The van der Waals surface area contributed by atoms with Crippen molar-refractivity contribution in [2.45, 2.75) is 0 Å². The van der Waals surface area contributed by atoms with Gasteiger partial charge in [0.05, 0.1) is 24.3 Å². The number of amides is 4. The summed E-state index contributed by atoms with van der Waals surface area (Å²) in [7, 11) is 1.48. The summed E-state index contributed by atoms with van der Waals surface area (Å²) in [6, 6.07) is 10.8. The molecular weight excluding hydrogens is 432 g/mol. The molecule has 4 amide bonds. The third kappa shape index (κ3) is 4.27. The van der Waals surface area contributed by atoms with Gasteiger partial charge in [0.25, 0.3) is 23.6 Å². The SMILES string of the molecule is COCCN1C(=O)c2ccc(C(=O)Nc3cccc(C(=O)Nc4nccs4)c3)cc2C1=O. The van der Waals surface area contributed by atoms with E-state index in [2.05, 4.69) is 15.6 Å². The molecule has 162 valence electrons. The zero-order chi connectivity index (χ0) is 22.7. The smallest absolute Gasteiger partial charge is 0.261 e. The Bertz CT molecular complexity index is 1210. The van der Waals surface area contributed by atoms with Crippen LogP contribution in [0.4, 0.5) is 10.8 Å². The summed E-state index contributed by atoms with van der Waals surface area (Å²) in [6.45, 7) is 0.367. The van der Waals surface area contributed by atoms with E-state index in [1.807, 2.05) is 0 Å². The zero-order valence-electron chi connectivity index (χ0n) is 17.0. The number of hydrogen-bond donors (Lipinski definition) is 2. The highest BCUT2D eigenvalue weighted by atomic mass is 32.1. The first-order chi connectivity index (χ1) is 15.5. The van der Waals surface area contributed by atoms with Crippen LogP contribution in [0.3, 0.4) is 0 Å². The number of anilines is 2. The van der Waals surface area contributed by atoms with Crippen LogP contribution in [0.5, 0.6) is 0 Å². The number of nitrogens with one attached hydrogen (secondary N) is 2. The fourth-order valence-electron chi connectivity index (χ4n) is 3.21. The van der Waals surface area contributed by atoms with Gasteiger partial charge in [-0.2, -0.15) is 0 Å². The predicted molar refractivity (Wildman–Crippen MR) is 118 cm³/mol. The van der Waals surface area contributed by atoms with Crippen LogP contribution in [0.15, 0.2) is 54.0 Å². The van der Waals surface area contributed by atoms with Crippen molar-refractivity contribution in [1.29, 1.82) is 0 Å². The van der Waals surface area contributed by atoms with Gasteiger partial charge in [-0.15, -0.1) is 11.3 Å². The van der Waals surface area contributed by atoms with Crippen LogP contribution in [0.2, 0.25) is 0 Å². The van der Waals surface area contributed by atoms with Crippen molar-refractivity contribution in [3.05, 3.63) is 76.3 Å². The van der Waals surface area contributed by atoms with E-state index in [1.165, 1.54) is 42.7 Å². The van der Waals surface area contributed by atoms with Crippen molar-refractivity contribution in [1.82, 2.24) is 9.88 Å². The number of ether oxygens (including phenoxy) is 1. The van der Waals surface area contributed by atoms with Crippen molar-refractivity contribution in [2.24, 2.45) is 0 Å². The predicted octanol–water partition coefficient (Wildman–Crippen LogP) is 2.89. The molecule has 0 aliphatic carbocycles. The Balaban J connectivity index is 1.49. The van der Waals surface area contributed by atoms with Crippen molar-refractivity contribution < 1.29 is 23.9 Å². The van der Waals surface area contributed by atoms with Crippen LogP contribution in [0.25, 0.3) is 0 Å². The molecule has 0 radical (unpaired) electrons. The van der Waals surface area contributed by atoms with Gasteiger partial charge in [-0.3, -0.25) is 29.4 Å². The average molecular weight is 450 g/mol. The molecule has 0 saturated heterocycles. The number of nitrogens with zero attached hydrogens (tertiary/aromatic N) is 2. The number of rotatable bonds is 7. The lowest BCUT2D eigenvalue weighted by Crippen LogP contribution is -2.32. The molecule has 10 heteroatoms. The molecule has 1 aromatic heterocycles. The molecule has 0 fully saturated rings. The minimum atomic E-state index is -0.471. The number of carbonyl (C=O) groups is 4. The molecule has 2 heterocycles. The second kappa shape index (κ2) is 9.08. The fraction of sp³-hybridized carbons (Fsp3) is 0.136. The molecule has 0 saturated carbocycles. The van der Waals surface area contributed by atoms with Gasteiger partial charge < -0.3 is 10.1 Å². The number of methoxy groups -OCH3 is 1. The van der Waals surface area contributed by atoms with Gasteiger partial charge in [-0.25, -0.2) is 4.98 Å². The van der Waals surface area contributed by atoms with Crippen LogP contribution in [-0.2, 0) is 4.74 Å². The van der Waals surface area contributed by atoms with E-state index in [1.54, 1.807) is 29.8 Å². The van der Waals surface area contributed by atoms with Crippen molar-refractivity contribution in [2.75, 3.05) is 30.9 Å². The summed E-state index contributed by atoms with van der Waals surface area (Å²) in [5.74, 6) is -1.69. The van der Waals surface area contributed by atoms with Gasteiger partial charge >= 0.3 is 0 Å². The Morgan fingerprint density at radius 2 is 1.75 bits per heavy atom. The number of fused-ring (bicyclic) bond motifs is 1. The monoisotopic (exact) mass is 450 g/mol. The molecule has 0 atom stereocenters. The summed E-state index contributed by atoms with van der Waals surface area (Å²) in [5, 5.41) is 7.61. The Morgan fingerprint density at radius 1 is 1.00 bits per heavy atom.